The Labute approximate surface area is 205 Å². The van der Waals surface area contributed by atoms with Gasteiger partial charge in [-0.15, -0.1) is 0 Å². The number of carbonyl (C=O) groups is 3. The number of aryl methyl sites for hydroxylation is 1. The highest BCUT2D eigenvalue weighted by Gasteiger charge is 2.31. The molecule has 0 aliphatic heterocycles. The lowest BCUT2D eigenvalue weighted by Crippen LogP contribution is -2.34. The van der Waals surface area contributed by atoms with Crippen LogP contribution in [0.3, 0.4) is 0 Å². The third-order valence-electron chi connectivity index (χ3n) is 6.05. The molecule has 0 saturated heterocycles. The molecular formula is C27H33N3O5. The maximum atomic E-state index is 12.7. The van der Waals surface area contributed by atoms with Crippen LogP contribution in [-0.4, -0.2) is 52.6 Å². The van der Waals surface area contributed by atoms with Crippen LogP contribution in [0.15, 0.2) is 36.5 Å². The Balaban J connectivity index is 1.37. The molecule has 0 radical (unpaired) electrons. The molecule has 0 bridgehead atoms. The zero-order valence-corrected chi connectivity index (χ0v) is 20.6. The molecule has 1 N–H and O–H groups in total. The first kappa shape index (κ1) is 24.9. The van der Waals surface area contributed by atoms with Crippen molar-refractivity contribution in [2.24, 2.45) is 0 Å². The fourth-order valence-electron chi connectivity index (χ4n) is 4.55. The molecule has 8 heteroatoms. The number of hydrogen-bond acceptors (Lipinski definition) is 6. The van der Waals surface area contributed by atoms with Crippen LogP contribution in [0.25, 0.3) is 21.9 Å². The lowest BCUT2D eigenvalue weighted by Gasteiger charge is -2.23. The summed E-state index contributed by atoms with van der Waals surface area (Å²) in [4.78, 5) is 40.7. The average Bonchev–Trinajstić information content (AvgIpc) is 3.11. The van der Waals surface area contributed by atoms with E-state index in [1.807, 2.05) is 37.5 Å². The van der Waals surface area contributed by atoms with Crippen molar-refractivity contribution >= 4 is 39.6 Å². The van der Waals surface area contributed by atoms with Crippen LogP contribution in [-0.2, 0) is 25.5 Å². The molecule has 4 rings (SSSR count). The predicted octanol–water partition coefficient (Wildman–Crippen LogP) is 4.53. The SMILES string of the molecule is CC(C)(C)OC(=O)NCCOCCCc1ccc2c(c1)c1cccnc1n2C1CCC(=O)CC1=O. The normalized spacial score (nSPS) is 16.7. The quantitative estimate of drug-likeness (QED) is 0.377. The number of benzene rings is 1. The van der Waals surface area contributed by atoms with Gasteiger partial charge in [0.1, 0.15) is 17.0 Å². The van der Waals surface area contributed by atoms with E-state index in [2.05, 4.69) is 28.5 Å². The summed E-state index contributed by atoms with van der Waals surface area (Å²) in [6, 6.07) is 9.89. The molecular weight excluding hydrogens is 446 g/mol. The Hall–Kier alpha value is -3.26. The summed E-state index contributed by atoms with van der Waals surface area (Å²) in [5.41, 5.74) is 2.42. The molecule has 1 amide bonds. The Morgan fingerprint density at radius 3 is 2.77 bits per heavy atom. The van der Waals surface area contributed by atoms with Gasteiger partial charge in [0.15, 0.2) is 5.78 Å². The number of ketones is 2. The molecule has 0 spiro atoms. The summed E-state index contributed by atoms with van der Waals surface area (Å²) in [6.45, 7) is 6.89. The Kier molecular flexibility index (Phi) is 7.50. The van der Waals surface area contributed by atoms with Gasteiger partial charge in [0.05, 0.1) is 24.6 Å². The van der Waals surface area contributed by atoms with Gasteiger partial charge in [0.25, 0.3) is 0 Å². The van der Waals surface area contributed by atoms with E-state index in [1.54, 1.807) is 6.20 Å². The number of fused-ring (bicyclic) bond motifs is 3. The first-order valence-electron chi connectivity index (χ1n) is 12.2. The number of alkyl carbamates (subject to hydrolysis) is 1. The number of ether oxygens (including phenoxy) is 2. The Morgan fingerprint density at radius 2 is 2.00 bits per heavy atom. The van der Waals surface area contributed by atoms with Crippen LogP contribution in [0.5, 0.6) is 0 Å². The van der Waals surface area contributed by atoms with Crippen molar-refractivity contribution in [3.63, 3.8) is 0 Å². The highest BCUT2D eigenvalue weighted by Crippen LogP contribution is 2.35. The number of hydrogen-bond donors (Lipinski definition) is 1. The van der Waals surface area contributed by atoms with E-state index in [-0.39, 0.29) is 24.0 Å². The largest absolute Gasteiger partial charge is 0.444 e. The van der Waals surface area contributed by atoms with Crippen molar-refractivity contribution in [3.8, 4) is 0 Å². The first-order chi connectivity index (χ1) is 16.7. The molecule has 1 saturated carbocycles. The number of pyridine rings is 1. The monoisotopic (exact) mass is 479 g/mol. The number of Topliss-reactive ketones (excluding diaryl/α,β-unsaturated/α-hetero) is 2. The second-order valence-corrected chi connectivity index (χ2v) is 9.98. The van der Waals surface area contributed by atoms with Crippen molar-refractivity contribution in [3.05, 3.63) is 42.1 Å². The number of carbonyl (C=O) groups excluding carboxylic acids is 3. The molecule has 1 aromatic carbocycles. The van der Waals surface area contributed by atoms with E-state index in [1.165, 1.54) is 5.56 Å². The van der Waals surface area contributed by atoms with Gasteiger partial charge in [0, 0.05) is 36.5 Å². The average molecular weight is 480 g/mol. The maximum Gasteiger partial charge on any atom is 0.407 e. The minimum atomic E-state index is -0.514. The van der Waals surface area contributed by atoms with Gasteiger partial charge >= 0.3 is 6.09 Å². The Bertz CT molecular complexity index is 1240. The van der Waals surface area contributed by atoms with Crippen LogP contribution < -0.4 is 5.32 Å². The third-order valence-corrected chi connectivity index (χ3v) is 6.05. The minimum Gasteiger partial charge on any atom is -0.444 e. The van der Waals surface area contributed by atoms with Gasteiger partial charge in [-0.2, -0.15) is 0 Å². The summed E-state index contributed by atoms with van der Waals surface area (Å²) in [5.74, 6) is -0.0156. The lowest BCUT2D eigenvalue weighted by atomic mass is 9.92. The van der Waals surface area contributed by atoms with E-state index in [4.69, 9.17) is 9.47 Å². The fourth-order valence-corrected chi connectivity index (χ4v) is 4.55. The summed E-state index contributed by atoms with van der Waals surface area (Å²) in [7, 11) is 0. The molecule has 2 heterocycles. The first-order valence-corrected chi connectivity index (χ1v) is 12.2. The van der Waals surface area contributed by atoms with E-state index in [0.717, 1.165) is 34.8 Å². The van der Waals surface area contributed by atoms with Gasteiger partial charge in [-0.05, 0) is 69.9 Å². The molecule has 8 nitrogen and oxygen atoms in total. The summed E-state index contributed by atoms with van der Waals surface area (Å²) in [5, 5.41) is 4.76. The lowest BCUT2D eigenvalue weighted by molar-refractivity contribution is -0.132. The molecule has 1 fully saturated rings. The van der Waals surface area contributed by atoms with Gasteiger partial charge in [-0.1, -0.05) is 6.07 Å². The second-order valence-electron chi connectivity index (χ2n) is 9.98. The number of amides is 1. The van der Waals surface area contributed by atoms with Crippen LogP contribution in [0.2, 0.25) is 0 Å². The smallest absolute Gasteiger partial charge is 0.407 e. The van der Waals surface area contributed by atoms with Crippen molar-refractivity contribution in [1.29, 1.82) is 0 Å². The van der Waals surface area contributed by atoms with Crippen molar-refractivity contribution in [1.82, 2.24) is 14.9 Å². The molecule has 1 atom stereocenters. The summed E-state index contributed by atoms with van der Waals surface area (Å²) in [6.07, 6.45) is 3.95. The third kappa shape index (κ3) is 6.06. The number of nitrogens with one attached hydrogen (secondary N) is 1. The van der Waals surface area contributed by atoms with E-state index < -0.39 is 11.7 Å². The molecule has 2 aromatic heterocycles. The number of nitrogens with zero attached hydrogens (tertiary/aromatic N) is 2. The standard InChI is InChI=1S/C27H33N3O5/c1-27(2,3)35-26(33)29-13-15-34-14-5-6-18-8-10-22-21(16-18)20-7-4-12-28-25(20)30(22)23-11-9-19(31)17-24(23)32/h4,7-8,10,12,16,23H,5-6,9,11,13-15,17H2,1-3H3,(H,29,33). The Morgan fingerprint density at radius 1 is 1.17 bits per heavy atom. The van der Waals surface area contributed by atoms with E-state index in [0.29, 0.717) is 32.6 Å². The topological polar surface area (TPSA) is 99.5 Å². The molecule has 1 aliphatic rings. The highest BCUT2D eigenvalue weighted by molar-refractivity contribution is 6.09. The van der Waals surface area contributed by atoms with Crippen LogP contribution in [0, 0.1) is 0 Å². The molecule has 186 valence electrons. The van der Waals surface area contributed by atoms with Gasteiger partial charge in [0.2, 0.25) is 0 Å². The van der Waals surface area contributed by atoms with Gasteiger partial charge in [-0.3, -0.25) is 9.59 Å². The van der Waals surface area contributed by atoms with Crippen LogP contribution >= 0.6 is 0 Å². The van der Waals surface area contributed by atoms with Crippen molar-refractivity contribution in [2.45, 2.75) is 64.5 Å². The maximum absolute atomic E-state index is 12.7. The van der Waals surface area contributed by atoms with Gasteiger partial charge < -0.3 is 19.4 Å². The van der Waals surface area contributed by atoms with Crippen LogP contribution in [0.1, 0.15) is 58.1 Å². The summed E-state index contributed by atoms with van der Waals surface area (Å²) >= 11 is 0. The minimum absolute atomic E-state index is 0.00401. The van der Waals surface area contributed by atoms with E-state index in [9.17, 15) is 14.4 Å². The molecule has 1 aliphatic carbocycles. The summed E-state index contributed by atoms with van der Waals surface area (Å²) < 4.78 is 12.9. The zero-order chi connectivity index (χ0) is 25.0. The second kappa shape index (κ2) is 10.6. The predicted molar refractivity (Wildman–Crippen MR) is 134 cm³/mol. The number of rotatable bonds is 8. The highest BCUT2D eigenvalue weighted by atomic mass is 16.6. The molecule has 35 heavy (non-hydrogen) atoms. The van der Waals surface area contributed by atoms with Crippen LogP contribution in [0.4, 0.5) is 4.79 Å². The molecule has 1 unspecified atom stereocenters. The van der Waals surface area contributed by atoms with Gasteiger partial charge in [-0.25, -0.2) is 9.78 Å². The fraction of sp³-hybridized carbons (Fsp3) is 0.481. The van der Waals surface area contributed by atoms with Crippen molar-refractivity contribution in [2.75, 3.05) is 19.8 Å². The zero-order valence-electron chi connectivity index (χ0n) is 20.6. The van der Waals surface area contributed by atoms with E-state index >= 15 is 0 Å². The van der Waals surface area contributed by atoms with Crippen molar-refractivity contribution < 1.29 is 23.9 Å². The number of aromatic nitrogens is 2. The molecule has 3 aromatic rings.